The molecule has 2 heterocycles. The van der Waals surface area contributed by atoms with Crippen molar-refractivity contribution >= 4 is 39.9 Å². The number of benzene rings is 2. The highest BCUT2D eigenvalue weighted by molar-refractivity contribution is 7.99. The third-order valence-electron chi connectivity index (χ3n) is 4.66. The molecule has 4 rings (SSSR count). The zero-order valence-electron chi connectivity index (χ0n) is 15.4. The number of hydrogen-bond acceptors (Lipinski definition) is 5. The Bertz CT molecular complexity index is 1000. The van der Waals surface area contributed by atoms with Crippen LogP contribution in [0, 0.1) is 5.82 Å². The van der Waals surface area contributed by atoms with Crippen molar-refractivity contribution in [3.8, 4) is 5.75 Å². The average molecular weight is 397 g/mol. The highest BCUT2D eigenvalue weighted by Crippen LogP contribution is 2.32. The van der Waals surface area contributed by atoms with Gasteiger partial charge in [-0.05, 0) is 36.4 Å². The van der Waals surface area contributed by atoms with Crippen molar-refractivity contribution in [1.82, 2.24) is 9.88 Å². The molecular weight excluding hydrogens is 377 g/mol. The Morgan fingerprint density at radius 1 is 1.18 bits per heavy atom. The van der Waals surface area contributed by atoms with E-state index < -0.39 is 0 Å². The molecular formula is C21H20FN3O2S. The summed E-state index contributed by atoms with van der Waals surface area (Å²) in [4.78, 5) is 19.5. The van der Waals surface area contributed by atoms with Crippen LogP contribution in [0.15, 0.2) is 48.5 Å². The van der Waals surface area contributed by atoms with Crippen molar-refractivity contribution in [3.63, 3.8) is 0 Å². The van der Waals surface area contributed by atoms with Crippen LogP contribution in [0.2, 0.25) is 0 Å². The van der Waals surface area contributed by atoms with Crippen molar-refractivity contribution in [3.05, 3.63) is 60.0 Å². The summed E-state index contributed by atoms with van der Waals surface area (Å²) in [6.07, 6.45) is 0. The molecule has 144 valence electrons. The summed E-state index contributed by atoms with van der Waals surface area (Å²) in [5, 5.41) is 4.11. The second-order valence-electron chi connectivity index (χ2n) is 6.45. The molecule has 0 spiro atoms. The fourth-order valence-corrected chi connectivity index (χ4v) is 4.12. The molecule has 0 aliphatic carbocycles. The molecule has 1 aromatic heterocycles. The summed E-state index contributed by atoms with van der Waals surface area (Å²) in [6.45, 7) is 1.44. The molecule has 0 bridgehead atoms. The van der Waals surface area contributed by atoms with E-state index in [1.54, 1.807) is 25.3 Å². The smallest absolute Gasteiger partial charge is 0.272 e. The van der Waals surface area contributed by atoms with Gasteiger partial charge in [0.2, 0.25) is 0 Å². The lowest BCUT2D eigenvalue weighted by Crippen LogP contribution is -2.38. The number of halogens is 1. The maximum atomic E-state index is 13.2. The highest BCUT2D eigenvalue weighted by atomic mass is 32.2. The van der Waals surface area contributed by atoms with Gasteiger partial charge in [-0.25, -0.2) is 9.37 Å². The molecule has 28 heavy (non-hydrogen) atoms. The predicted molar refractivity (Wildman–Crippen MR) is 111 cm³/mol. The number of nitrogens with one attached hydrogen (secondary N) is 1. The summed E-state index contributed by atoms with van der Waals surface area (Å²) in [6, 6.07) is 13.5. The number of thioether (sulfide) groups is 1. The first-order valence-electron chi connectivity index (χ1n) is 9.03. The van der Waals surface area contributed by atoms with Gasteiger partial charge in [0, 0.05) is 35.7 Å². The molecule has 0 atom stereocenters. The topological polar surface area (TPSA) is 54.5 Å². The van der Waals surface area contributed by atoms with E-state index in [4.69, 9.17) is 4.74 Å². The Balaban J connectivity index is 1.79. The fourth-order valence-electron chi connectivity index (χ4n) is 3.22. The first-order chi connectivity index (χ1) is 13.7. The SMILES string of the molecule is COc1cccc2c(Nc3ccc(F)cc3)cc(C(=O)N3CCSCC3)nc12. The number of carbonyl (C=O) groups is 1. The quantitative estimate of drug-likeness (QED) is 0.711. The van der Waals surface area contributed by atoms with Gasteiger partial charge >= 0.3 is 0 Å². The molecule has 1 N–H and O–H groups in total. The van der Waals surface area contributed by atoms with Crippen molar-refractivity contribution in [2.24, 2.45) is 0 Å². The third kappa shape index (κ3) is 3.75. The Morgan fingerprint density at radius 2 is 1.93 bits per heavy atom. The molecule has 1 aliphatic heterocycles. The fraction of sp³-hybridized carbons (Fsp3) is 0.238. The standard InChI is InChI=1S/C21H20FN3O2S/c1-27-19-4-2-3-16-17(23-15-7-5-14(22)6-8-15)13-18(24-20(16)19)21(26)25-9-11-28-12-10-25/h2-8,13H,9-12H2,1H3,(H,23,24). The number of amides is 1. The lowest BCUT2D eigenvalue weighted by molar-refractivity contribution is 0.0767. The summed E-state index contributed by atoms with van der Waals surface area (Å²) < 4.78 is 18.7. The van der Waals surface area contributed by atoms with Crippen LogP contribution in [0.5, 0.6) is 5.75 Å². The maximum absolute atomic E-state index is 13.2. The molecule has 2 aromatic carbocycles. The number of carbonyl (C=O) groups excluding carboxylic acids is 1. The van der Waals surface area contributed by atoms with E-state index >= 15 is 0 Å². The summed E-state index contributed by atoms with van der Waals surface area (Å²) >= 11 is 1.85. The molecule has 5 nitrogen and oxygen atoms in total. The van der Waals surface area contributed by atoms with Gasteiger partial charge in [-0.3, -0.25) is 4.79 Å². The first-order valence-corrected chi connectivity index (χ1v) is 10.2. The molecule has 7 heteroatoms. The molecule has 0 unspecified atom stereocenters. The highest BCUT2D eigenvalue weighted by Gasteiger charge is 2.22. The van der Waals surface area contributed by atoms with Crippen LogP contribution >= 0.6 is 11.8 Å². The number of nitrogens with zero attached hydrogens (tertiary/aromatic N) is 2. The first kappa shape index (κ1) is 18.6. The number of pyridine rings is 1. The number of ether oxygens (including phenoxy) is 1. The molecule has 1 saturated heterocycles. The minimum atomic E-state index is -0.300. The monoisotopic (exact) mass is 397 g/mol. The Kier molecular flexibility index (Phi) is 5.34. The molecule has 1 fully saturated rings. The Morgan fingerprint density at radius 3 is 2.64 bits per heavy atom. The van der Waals surface area contributed by atoms with E-state index in [2.05, 4.69) is 10.3 Å². The van der Waals surface area contributed by atoms with E-state index in [1.807, 2.05) is 34.9 Å². The molecule has 3 aromatic rings. The van der Waals surface area contributed by atoms with Crippen LogP contribution in [0.4, 0.5) is 15.8 Å². The molecule has 0 saturated carbocycles. The molecule has 1 amide bonds. The van der Waals surface area contributed by atoms with Crippen molar-refractivity contribution in [2.75, 3.05) is 37.0 Å². The van der Waals surface area contributed by atoms with Crippen molar-refractivity contribution < 1.29 is 13.9 Å². The third-order valence-corrected chi connectivity index (χ3v) is 5.61. The Hall–Kier alpha value is -2.80. The van der Waals surface area contributed by atoms with Gasteiger partial charge in [0.15, 0.2) is 0 Å². The second kappa shape index (κ2) is 8.06. The summed E-state index contributed by atoms with van der Waals surface area (Å²) in [7, 11) is 1.58. The largest absolute Gasteiger partial charge is 0.494 e. The Labute approximate surface area is 166 Å². The van der Waals surface area contributed by atoms with Crippen LogP contribution in [0.25, 0.3) is 10.9 Å². The number of hydrogen-bond donors (Lipinski definition) is 1. The maximum Gasteiger partial charge on any atom is 0.272 e. The van der Waals surface area contributed by atoms with Gasteiger partial charge in [0.25, 0.3) is 5.91 Å². The minimum Gasteiger partial charge on any atom is -0.494 e. The number of anilines is 2. The van der Waals surface area contributed by atoms with Crippen LogP contribution < -0.4 is 10.1 Å². The van der Waals surface area contributed by atoms with Crippen molar-refractivity contribution in [1.29, 1.82) is 0 Å². The van der Waals surface area contributed by atoms with E-state index in [9.17, 15) is 9.18 Å². The van der Waals surface area contributed by atoms with Crippen LogP contribution in [-0.2, 0) is 0 Å². The lowest BCUT2D eigenvalue weighted by atomic mass is 10.1. The van der Waals surface area contributed by atoms with Gasteiger partial charge in [0.05, 0.1) is 12.8 Å². The van der Waals surface area contributed by atoms with E-state index in [0.717, 1.165) is 41.4 Å². The zero-order chi connectivity index (χ0) is 19.5. The van der Waals surface area contributed by atoms with E-state index in [0.29, 0.717) is 17.0 Å². The number of methoxy groups -OCH3 is 1. The number of aromatic nitrogens is 1. The predicted octanol–water partition coefficient (Wildman–Crippen LogP) is 4.32. The normalized spacial score (nSPS) is 14.1. The van der Waals surface area contributed by atoms with Gasteiger partial charge in [-0.15, -0.1) is 0 Å². The van der Waals surface area contributed by atoms with Gasteiger partial charge in [-0.2, -0.15) is 11.8 Å². The molecule has 1 aliphatic rings. The number of rotatable bonds is 4. The van der Waals surface area contributed by atoms with E-state index in [-0.39, 0.29) is 11.7 Å². The van der Waals surface area contributed by atoms with E-state index in [1.165, 1.54) is 12.1 Å². The number of fused-ring (bicyclic) bond motifs is 1. The van der Waals surface area contributed by atoms with Gasteiger partial charge < -0.3 is 15.0 Å². The van der Waals surface area contributed by atoms with Gasteiger partial charge in [-0.1, -0.05) is 12.1 Å². The van der Waals surface area contributed by atoms with Crippen LogP contribution in [0.1, 0.15) is 10.5 Å². The lowest BCUT2D eigenvalue weighted by Gasteiger charge is -2.26. The van der Waals surface area contributed by atoms with Crippen LogP contribution in [0.3, 0.4) is 0 Å². The zero-order valence-corrected chi connectivity index (χ0v) is 16.3. The average Bonchev–Trinajstić information content (AvgIpc) is 2.75. The summed E-state index contributed by atoms with van der Waals surface area (Å²) in [5.41, 5.74) is 2.44. The van der Waals surface area contributed by atoms with Crippen molar-refractivity contribution in [2.45, 2.75) is 0 Å². The molecule has 0 radical (unpaired) electrons. The minimum absolute atomic E-state index is 0.0877. The van der Waals surface area contributed by atoms with Gasteiger partial charge in [0.1, 0.15) is 22.8 Å². The number of para-hydroxylation sites is 1. The second-order valence-corrected chi connectivity index (χ2v) is 7.67. The van der Waals surface area contributed by atoms with Crippen LogP contribution in [-0.4, -0.2) is 47.5 Å². The summed E-state index contributed by atoms with van der Waals surface area (Å²) in [5.74, 6) is 2.08.